The van der Waals surface area contributed by atoms with Crippen LogP contribution in [0.15, 0.2) is 43.5 Å². The van der Waals surface area contributed by atoms with Crippen molar-refractivity contribution in [3.8, 4) is 6.07 Å². The number of hydrogen-bond acceptors (Lipinski definition) is 4. The molecule has 4 nitrogen and oxygen atoms in total. The molecule has 0 radical (unpaired) electrons. The SMILES string of the molecule is N#Cc1c2c(c[nH]c1=O)Sc1ccc(Br)cc1N2. The molecule has 0 amide bonds. The Morgan fingerprint density at radius 3 is 2.94 bits per heavy atom. The van der Waals surface area contributed by atoms with E-state index in [1.54, 1.807) is 6.20 Å². The van der Waals surface area contributed by atoms with Gasteiger partial charge in [-0.3, -0.25) is 4.79 Å². The number of nitrogens with zero attached hydrogens (tertiary/aromatic N) is 1. The topological polar surface area (TPSA) is 68.7 Å². The molecule has 88 valence electrons. The molecule has 1 aromatic carbocycles. The van der Waals surface area contributed by atoms with Crippen molar-refractivity contribution in [1.29, 1.82) is 5.26 Å². The lowest BCUT2D eigenvalue weighted by atomic mass is 10.2. The fourth-order valence-corrected chi connectivity index (χ4v) is 3.09. The Hall–Kier alpha value is -1.71. The van der Waals surface area contributed by atoms with Crippen LogP contribution in [0.25, 0.3) is 0 Å². The van der Waals surface area contributed by atoms with E-state index < -0.39 is 0 Å². The summed E-state index contributed by atoms with van der Waals surface area (Å²) in [6.45, 7) is 0. The average Bonchev–Trinajstić information content (AvgIpc) is 2.36. The van der Waals surface area contributed by atoms with Crippen molar-refractivity contribution in [2.24, 2.45) is 0 Å². The number of benzene rings is 1. The van der Waals surface area contributed by atoms with Gasteiger partial charge < -0.3 is 10.3 Å². The molecule has 1 aliphatic heterocycles. The van der Waals surface area contributed by atoms with Crippen molar-refractivity contribution in [3.63, 3.8) is 0 Å². The largest absolute Gasteiger partial charge is 0.352 e. The molecule has 18 heavy (non-hydrogen) atoms. The van der Waals surface area contributed by atoms with Gasteiger partial charge in [-0.2, -0.15) is 5.26 Å². The van der Waals surface area contributed by atoms with Crippen LogP contribution in [0.4, 0.5) is 11.4 Å². The number of H-pyrrole nitrogens is 1. The molecule has 0 saturated heterocycles. The lowest BCUT2D eigenvalue weighted by Gasteiger charge is -2.21. The summed E-state index contributed by atoms with van der Waals surface area (Å²) in [6, 6.07) is 7.80. The van der Waals surface area contributed by atoms with Crippen LogP contribution in [-0.2, 0) is 0 Å². The number of anilines is 2. The minimum Gasteiger partial charge on any atom is -0.352 e. The van der Waals surface area contributed by atoms with Crippen LogP contribution in [0.1, 0.15) is 5.56 Å². The minimum atomic E-state index is -0.372. The summed E-state index contributed by atoms with van der Waals surface area (Å²) in [5.41, 5.74) is 1.22. The van der Waals surface area contributed by atoms with Gasteiger partial charge in [0.05, 0.1) is 16.3 Å². The third kappa shape index (κ3) is 1.72. The van der Waals surface area contributed by atoms with E-state index in [1.807, 2.05) is 24.3 Å². The summed E-state index contributed by atoms with van der Waals surface area (Å²) in [5.74, 6) is 0. The monoisotopic (exact) mass is 319 g/mol. The third-order valence-electron chi connectivity index (χ3n) is 2.59. The van der Waals surface area contributed by atoms with Crippen molar-refractivity contribution in [3.05, 3.63) is 44.8 Å². The smallest absolute Gasteiger partial charge is 0.268 e. The average molecular weight is 320 g/mol. The minimum absolute atomic E-state index is 0.116. The maximum atomic E-state index is 11.6. The van der Waals surface area contributed by atoms with E-state index in [1.165, 1.54) is 11.8 Å². The second-order valence-electron chi connectivity index (χ2n) is 3.71. The van der Waals surface area contributed by atoms with Gasteiger partial charge in [-0.15, -0.1) is 0 Å². The van der Waals surface area contributed by atoms with Gasteiger partial charge in [0.2, 0.25) is 0 Å². The maximum Gasteiger partial charge on any atom is 0.268 e. The van der Waals surface area contributed by atoms with Gasteiger partial charge in [0, 0.05) is 15.6 Å². The molecule has 6 heteroatoms. The second-order valence-corrected chi connectivity index (χ2v) is 5.71. The van der Waals surface area contributed by atoms with E-state index in [0.717, 1.165) is 20.0 Å². The Balaban J connectivity index is 2.21. The quantitative estimate of drug-likeness (QED) is 0.667. The third-order valence-corrected chi connectivity index (χ3v) is 4.20. The van der Waals surface area contributed by atoms with Crippen LogP contribution < -0.4 is 10.9 Å². The standard InChI is InChI=1S/C12H6BrN3OS/c13-6-1-2-9-8(3-6)16-11-7(4-14)12(17)15-5-10(11)18-9/h1-3,5,16H,(H,15,17). The number of nitrogens with one attached hydrogen (secondary N) is 2. The highest BCUT2D eigenvalue weighted by atomic mass is 79.9. The van der Waals surface area contributed by atoms with E-state index in [2.05, 4.69) is 26.2 Å². The van der Waals surface area contributed by atoms with Crippen LogP contribution >= 0.6 is 27.7 Å². The molecule has 0 saturated carbocycles. The number of aromatic nitrogens is 1. The second kappa shape index (κ2) is 4.19. The molecule has 1 aliphatic rings. The first kappa shape index (κ1) is 11.4. The molecular weight excluding hydrogens is 314 g/mol. The Labute approximate surface area is 115 Å². The molecule has 2 heterocycles. The van der Waals surface area contributed by atoms with E-state index in [9.17, 15) is 4.79 Å². The molecule has 1 aromatic heterocycles. The Bertz CT molecular complexity index is 748. The van der Waals surface area contributed by atoms with Crippen molar-refractivity contribution in [1.82, 2.24) is 4.98 Å². The summed E-state index contributed by atoms with van der Waals surface area (Å²) in [4.78, 5) is 16.0. The first-order valence-corrected chi connectivity index (χ1v) is 6.70. The Morgan fingerprint density at radius 2 is 2.17 bits per heavy atom. The number of hydrogen-bond donors (Lipinski definition) is 2. The number of rotatable bonds is 0. The molecular formula is C12H6BrN3OS. The molecule has 2 aromatic rings. The highest BCUT2D eigenvalue weighted by Crippen LogP contribution is 2.44. The predicted molar refractivity (Wildman–Crippen MR) is 73.3 cm³/mol. The Kier molecular flexibility index (Phi) is 2.65. The van der Waals surface area contributed by atoms with Gasteiger partial charge in [0.25, 0.3) is 5.56 Å². The summed E-state index contributed by atoms with van der Waals surface area (Å²) in [7, 11) is 0. The summed E-state index contributed by atoms with van der Waals surface area (Å²) >= 11 is 4.92. The number of pyridine rings is 1. The van der Waals surface area contributed by atoms with Gasteiger partial charge in [-0.05, 0) is 18.2 Å². The number of nitriles is 1. The lowest BCUT2D eigenvalue weighted by Crippen LogP contribution is -2.14. The fourth-order valence-electron chi connectivity index (χ4n) is 1.77. The number of halogens is 1. The molecule has 0 aliphatic carbocycles. The zero-order valence-corrected chi connectivity index (χ0v) is 11.4. The molecule has 0 unspecified atom stereocenters. The van der Waals surface area contributed by atoms with Crippen molar-refractivity contribution in [2.45, 2.75) is 9.79 Å². The molecule has 3 rings (SSSR count). The van der Waals surface area contributed by atoms with Gasteiger partial charge in [0.15, 0.2) is 0 Å². The molecule has 0 atom stereocenters. The summed E-state index contributed by atoms with van der Waals surface area (Å²) in [5, 5.41) is 12.2. The van der Waals surface area contributed by atoms with Gasteiger partial charge in [-0.25, -0.2) is 0 Å². The van der Waals surface area contributed by atoms with E-state index in [0.29, 0.717) is 5.69 Å². The predicted octanol–water partition coefficient (Wildman–Crippen LogP) is 3.22. The number of fused-ring (bicyclic) bond motifs is 2. The fraction of sp³-hybridized carbons (Fsp3) is 0. The van der Waals surface area contributed by atoms with Gasteiger partial charge in [-0.1, -0.05) is 27.7 Å². The van der Waals surface area contributed by atoms with E-state index in [4.69, 9.17) is 5.26 Å². The van der Waals surface area contributed by atoms with Crippen LogP contribution in [-0.4, -0.2) is 4.98 Å². The van der Waals surface area contributed by atoms with Gasteiger partial charge >= 0.3 is 0 Å². The molecule has 0 fully saturated rings. The normalized spacial score (nSPS) is 12.0. The first-order chi connectivity index (χ1) is 8.69. The maximum absolute atomic E-state index is 11.6. The zero-order valence-electron chi connectivity index (χ0n) is 8.95. The van der Waals surface area contributed by atoms with Crippen molar-refractivity contribution < 1.29 is 0 Å². The van der Waals surface area contributed by atoms with Crippen LogP contribution in [0.3, 0.4) is 0 Å². The van der Waals surface area contributed by atoms with Gasteiger partial charge in [0.1, 0.15) is 11.6 Å². The lowest BCUT2D eigenvalue weighted by molar-refractivity contribution is 1.14. The van der Waals surface area contributed by atoms with Crippen molar-refractivity contribution in [2.75, 3.05) is 5.32 Å². The highest BCUT2D eigenvalue weighted by Gasteiger charge is 2.20. The van der Waals surface area contributed by atoms with E-state index in [-0.39, 0.29) is 11.1 Å². The van der Waals surface area contributed by atoms with Crippen LogP contribution in [0, 0.1) is 11.3 Å². The highest BCUT2D eigenvalue weighted by molar-refractivity contribution is 9.10. The molecule has 0 bridgehead atoms. The van der Waals surface area contributed by atoms with Crippen LogP contribution in [0.5, 0.6) is 0 Å². The molecule has 0 spiro atoms. The zero-order chi connectivity index (χ0) is 12.7. The van der Waals surface area contributed by atoms with E-state index >= 15 is 0 Å². The first-order valence-electron chi connectivity index (χ1n) is 5.09. The summed E-state index contributed by atoms with van der Waals surface area (Å²) in [6.07, 6.45) is 1.63. The number of aromatic amines is 1. The van der Waals surface area contributed by atoms with Crippen molar-refractivity contribution >= 4 is 39.1 Å². The molecule has 2 N–H and O–H groups in total. The Morgan fingerprint density at radius 1 is 1.33 bits per heavy atom. The van der Waals surface area contributed by atoms with Crippen LogP contribution in [0.2, 0.25) is 0 Å². The summed E-state index contributed by atoms with van der Waals surface area (Å²) < 4.78 is 0.946.